The first-order valence-corrected chi connectivity index (χ1v) is 7.02. The van der Waals surface area contributed by atoms with Gasteiger partial charge < -0.3 is 4.90 Å². The molecule has 0 aromatic heterocycles. The van der Waals surface area contributed by atoms with E-state index in [1.54, 1.807) is 12.1 Å². The van der Waals surface area contributed by atoms with E-state index >= 15 is 0 Å². The quantitative estimate of drug-likeness (QED) is 0.767. The van der Waals surface area contributed by atoms with E-state index in [0.29, 0.717) is 23.2 Å². The molecule has 0 amide bonds. The van der Waals surface area contributed by atoms with Crippen LogP contribution in [0.1, 0.15) is 49.9 Å². The highest BCUT2D eigenvalue weighted by Gasteiger charge is 2.24. The smallest absolute Gasteiger partial charge is 0.159 e. The maximum absolute atomic E-state index is 14.1. The minimum atomic E-state index is -0.298. The Morgan fingerprint density at radius 3 is 2.68 bits per heavy atom. The van der Waals surface area contributed by atoms with Gasteiger partial charge in [-0.2, -0.15) is 0 Å². The Labute approximate surface area is 114 Å². The summed E-state index contributed by atoms with van der Waals surface area (Å²) < 4.78 is 14.1. The second-order valence-corrected chi connectivity index (χ2v) is 5.76. The summed E-state index contributed by atoms with van der Waals surface area (Å²) >= 11 is 0. The van der Waals surface area contributed by atoms with Crippen LogP contribution in [0.15, 0.2) is 18.2 Å². The molecular weight excluding hydrogens is 241 g/mol. The normalized spacial score (nSPS) is 23.2. The number of carbonyl (C=O) groups is 1. The fourth-order valence-electron chi connectivity index (χ4n) is 2.96. The van der Waals surface area contributed by atoms with Crippen LogP contribution in [0.2, 0.25) is 0 Å². The second kappa shape index (κ2) is 5.72. The molecule has 1 aliphatic carbocycles. The molecule has 0 aliphatic heterocycles. The number of Topliss-reactive ketones (excluding diaryl/α,β-unsaturated/α-hetero) is 1. The summed E-state index contributed by atoms with van der Waals surface area (Å²) in [6, 6.07) is 5.19. The molecule has 2 rings (SSSR count). The van der Waals surface area contributed by atoms with Crippen LogP contribution in [0.3, 0.4) is 0 Å². The van der Waals surface area contributed by atoms with Crippen molar-refractivity contribution in [1.29, 1.82) is 0 Å². The molecule has 0 heterocycles. The molecule has 2 atom stereocenters. The van der Waals surface area contributed by atoms with Crippen LogP contribution in [-0.4, -0.2) is 18.9 Å². The zero-order valence-electron chi connectivity index (χ0n) is 11.9. The van der Waals surface area contributed by atoms with Gasteiger partial charge in [0, 0.05) is 18.7 Å². The summed E-state index contributed by atoms with van der Waals surface area (Å²) in [4.78, 5) is 13.3. The van der Waals surface area contributed by atoms with Crippen LogP contribution < -0.4 is 4.90 Å². The lowest BCUT2D eigenvalue weighted by Gasteiger charge is -2.35. The van der Waals surface area contributed by atoms with Crippen LogP contribution in [0, 0.1) is 11.7 Å². The van der Waals surface area contributed by atoms with Gasteiger partial charge in [-0.1, -0.05) is 19.8 Å². The van der Waals surface area contributed by atoms with E-state index in [9.17, 15) is 9.18 Å². The molecule has 1 aromatic carbocycles. The standard InChI is InChI=1S/C16H22FNO/c1-11-5-4-6-14(9-11)18(3)16-8-7-13(12(2)19)10-15(16)17/h7-8,10-11,14H,4-6,9H2,1-3H3. The Morgan fingerprint density at radius 1 is 1.37 bits per heavy atom. The third kappa shape index (κ3) is 3.14. The monoisotopic (exact) mass is 263 g/mol. The van der Waals surface area contributed by atoms with Crippen LogP contribution in [0.25, 0.3) is 0 Å². The van der Waals surface area contributed by atoms with Gasteiger partial charge in [0.1, 0.15) is 5.82 Å². The average molecular weight is 263 g/mol. The second-order valence-electron chi connectivity index (χ2n) is 5.76. The number of rotatable bonds is 3. The number of benzene rings is 1. The van der Waals surface area contributed by atoms with Gasteiger partial charge in [0.2, 0.25) is 0 Å². The fraction of sp³-hybridized carbons (Fsp3) is 0.562. The summed E-state index contributed by atoms with van der Waals surface area (Å²) in [5.41, 5.74) is 1.04. The number of carbonyl (C=O) groups excluding carboxylic acids is 1. The number of anilines is 1. The Bertz CT molecular complexity index is 472. The van der Waals surface area contributed by atoms with Crippen molar-refractivity contribution in [2.75, 3.05) is 11.9 Å². The largest absolute Gasteiger partial charge is 0.369 e. The molecule has 0 N–H and O–H groups in total. The van der Waals surface area contributed by atoms with E-state index in [0.717, 1.165) is 12.8 Å². The lowest BCUT2D eigenvalue weighted by Crippen LogP contribution is -2.36. The molecule has 0 saturated heterocycles. The van der Waals surface area contributed by atoms with Crippen LogP contribution >= 0.6 is 0 Å². The summed E-state index contributed by atoms with van der Waals surface area (Å²) in [5.74, 6) is 0.313. The molecule has 1 saturated carbocycles. The van der Waals surface area contributed by atoms with E-state index in [4.69, 9.17) is 0 Å². The molecule has 104 valence electrons. The maximum Gasteiger partial charge on any atom is 0.159 e. The number of hydrogen-bond acceptors (Lipinski definition) is 2. The zero-order valence-corrected chi connectivity index (χ0v) is 11.9. The van der Waals surface area contributed by atoms with Crippen LogP contribution in [0.5, 0.6) is 0 Å². The van der Waals surface area contributed by atoms with Gasteiger partial charge in [-0.05, 0) is 43.9 Å². The summed E-state index contributed by atoms with van der Waals surface area (Å²) in [5, 5.41) is 0. The summed E-state index contributed by atoms with van der Waals surface area (Å²) in [7, 11) is 1.95. The molecule has 1 aliphatic rings. The Kier molecular flexibility index (Phi) is 4.23. The van der Waals surface area contributed by atoms with Gasteiger partial charge in [-0.3, -0.25) is 4.79 Å². The van der Waals surface area contributed by atoms with Crippen molar-refractivity contribution in [3.63, 3.8) is 0 Å². The number of ketones is 1. The van der Waals surface area contributed by atoms with Crippen molar-refractivity contribution in [2.24, 2.45) is 5.92 Å². The first kappa shape index (κ1) is 14.0. The van der Waals surface area contributed by atoms with Crippen molar-refractivity contribution in [2.45, 2.75) is 45.6 Å². The first-order chi connectivity index (χ1) is 8.99. The number of hydrogen-bond donors (Lipinski definition) is 0. The summed E-state index contributed by atoms with van der Waals surface area (Å²) in [6.07, 6.45) is 4.72. The SMILES string of the molecule is CC(=O)c1ccc(N(C)C2CCCC(C)C2)c(F)c1. The fourth-order valence-corrected chi connectivity index (χ4v) is 2.96. The molecule has 3 heteroatoms. The van der Waals surface area contributed by atoms with Crippen molar-refractivity contribution >= 4 is 11.5 Å². The third-order valence-electron chi connectivity index (χ3n) is 4.19. The van der Waals surface area contributed by atoms with Crippen molar-refractivity contribution < 1.29 is 9.18 Å². The highest BCUT2D eigenvalue weighted by atomic mass is 19.1. The predicted molar refractivity (Wildman–Crippen MR) is 76.2 cm³/mol. The summed E-state index contributed by atoms with van der Waals surface area (Å²) in [6.45, 7) is 3.72. The lowest BCUT2D eigenvalue weighted by atomic mass is 9.86. The molecule has 2 unspecified atom stereocenters. The Balaban J connectivity index is 2.19. The van der Waals surface area contributed by atoms with Gasteiger partial charge in [0.05, 0.1) is 5.69 Å². The molecule has 19 heavy (non-hydrogen) atoms. The van der Waals surface area contributed by atoms with Crippen LogP contribution in [0.4, 0.5) is 10.1 Å². The highest BCUT2D eigenvalue weighted by molar-refractivity contribution is 5.94. The van der Waals surface area contributed by atoms with Gasteiger partial charge in [-0.15, -0.1) is 0 Å². The molecule has 0 radical (unpaired) electrons. The molecular formula is C16H22FNO. The Morgan fingerprint density at radius 2 is 2.11 bits per heavy atom. The molecule has 0 spiro atoms. The van der Waals surface area contributed by atoms with Crippen molar-refractivity contribution in [3.8, 4) is 0 Å². The maximum atomic E-state index is 14.1. The van der Waals surface area contributed by atoms with E-state index < -0.39 is 0 Å². The zero-order chi connectivity index (χ0) is 14.0. The minimum absolute atomic E-state index is 0.0978. The molecule has 1 fully saturated rings. The predicted octanol–water partition coefficient (Wildman–Crippen LogP) is 4.04. The molecule has 2 nitrogen and oxygen atoms in total. The number of nitrogens with zero attached hydrogens (tertiary/aromatic N) is 1. The molecule has 1 aromatic rings. The van der Waals surface area contributed by atoms with E-state index in [2.05, 4.69) is 6.92 Å². The minimum Gasteiger partial charge on any atom is -0.369 e. The van der Waals surface area contributed by atoms with Gasteiger partial charge >= 0.3 is 0 Å². The van der Waals surface area contributed by atoms with E-state index in [1.807, 2.05) is 11.9 Å². The van der Waals surface area contributed by atoms with Gasteiger partial charge in [0.15, 0.2) is 5.78 Å². The topological polar surface area (TPSA) is 20.3 Å². The third-order valence-corrected chi connectivity index (χ3v) is 4.19. The van der Waals surface area contributed by atoms with E-state index in [1.165, 1.54) is 25.8 Å². The van der Waals surface area contributed by atoms with Crippen molar-refractivity contribution in [1.82, 2.24) is 0 Å². The van der Waals surface area contributed by atoms with Crippen LogP contribution in [-0.2, 0) is 0 Å². The van der Waals surface area contributed by atoms with Gasteiger partial charge in [-0.25, -0.2) is 4.39 Å². The molecule has 0 bridgehead atoms. The average Bonchev–Trinajstić information content (AvgIpc) is 2.37. The highest BCUT2D eigenvalue weighted by Crippen LogP contribution is 2.31. The first-order valence-electron chi connectivity index (χ1n) is 7.02. The number of halogens is 1. The van der Waals surface area contributed by atoms with E-state index in [-0.39, 0.29) is 11.6 Å². The lowest BCUT2D eigenvalue weighted by molar-refractivity contribution is 0.101. The van der Waals surface area contributed by atoms with Crippen molar-refractivity contribution in [3.05, 3.63) is 29.6 Å². The van der Waals surface area contributed by atoms with Gasteiger partial charge in [0.25, 0.3) is 0 Å². The Hall–Kier alpha value is -1.38.